The molecule has 0 fully saturated rings. The smallest absolute Gasteiger partial charge is 0.142 e. The zero-order chi connectivity index (χ0) is 11.0. The Morgan fingerprint density at radius 2 is 2.27 bits per heavy atom. The Morgan fingerprint density at radius 3 is 2.93 bits per heavy atom. The first-order valence-electron chi connectivity index (χ1n) is 4.90. The molecule has 15 heavy (non-hydrogen) atoms. The lowest BCUT2D eigenvalue weighted by Crippen LogP contribution is -2.29. The molecule has 2 atom stereocenters. The molecule has 82 valence electrons. The second kappa shape index (κ2) is 4.32. The zero-order valence-electron chi connectivity index (χ0n) is 8.68. The first-order valence-corrected chi connectivity index (χ1v) is 6.33. The van der Waals surface area contributed by atoms with E-state index in [4.69, 9.17) is 11.6 Å². The van der Waals surface area contributed by atoms with Gasteiger partial charge in [0.1, 0.15) is 5.82 Å². The van der Waals surface area contributed by atoms with Crippen molar-refractivity contribution in [1.82, 2.24) is 5.32 Å². The molecule has 0 radical (unpaired) electrons. The van der Waals surface area contributed by atoms with Crippen molar-refractivity contribution in [2.24, 2.45) is 0 Å². The minimum absolute atomic E-state index is 0.216. The van der Waals surface area contributed by atoms with Gasteiger partial charge in [-0.1, -0.05) is 18.5 Å². The van der Waals surface area contributed by atoms with Crippen LogP contribution in [0.1, 0.15) is 24.1 Å². The monoisotopic (exact) mass is 245 g/mol. The third-order valence-electron chi connectivity index (χ3n) is 2.80. The molecule has 1 aliphatic heterocycles. The minimum atomic E-state index is -0.319. The summed E-state index contributed by atoms with van der Waals surface area (Å²) in [5.41, 5.74) is 2.19. The number of hydrogen-bond donors (Lipinski definition) is 1. The quantitative estimate of drug-likeness (QED) is 0.814. The lowest BCUT2D eigenvalue weighted by molar-refractivity contribution is 0.572. The maximum absolute atomic E-state index is 13.3. The van der Waals surface area contributed by atoms with Crippen LogP contribution >= 0.6 is 23.4 Å². The van der Waals surface area contributed by atoms with E-state index in [1.807, 2.05) is 18.8 Å². The number of fused-ring (bicyclic) bond motifs is 1. The van der Waals surface area contributed by atoms with Crippen molar-refractivity contribution in [2.75, 3.05) is 7.05 Å². The largest absolute Gasteiger partial charge is 0.312 e. The molecule has 0 saturated heterocycles. The van der Waals surface area contributed by atoms with Gasteiger partial charge in [0.05, 0.1) is 5.02 Å². The molecule has 0 bridgehead atoms. The summed E-state index contributed by atoms with van der Waals surface area (Å²) in [6.07, 6.45) is 0. The van der Waals surface area contributed by atoms with Crippen LogP contribution in [-0.4, -0.2) is 12.3 Å². The molecule has 1 nitrogen and oxygen atoms in total. The lowest BCUT2D eigenvalue weighted by atomic mass is 9.98. The third kappa shape index (κ3) is 2.01. The summed E-state index contributed by atoms with van der Waals surface area (Å²) in [4.78, 5) is 0. The second-order valence-electron chi connectivity index (χ2n) is 3.75. The number of rotatable bonds is 1. The number of halogens is 2. The molecule has 0 spiro atoms. The maximum Gasteiger partial charge on any atom is 0.142 e. The van der Waals surface area contributed by atoms with Crippen molar-refractivity contribution in [1.29, 1.82) is 0 Å². The van der Waals surface area contributed by atoms with E-state index < -0.39 is 0 Å². The predicted octanol–water partition coefficient (Wildman–Crippen LogP) is 3.37. The number of nitrogens with one attached hydrogen (secondary N) is 1. The minimum Gasteiger partial charge on any atom is -0.312 e. The summed E-state index contributed by atoms with van der Waals surface area (Å²) in [6, 6.07) is 3.57. The van der Waals surface area contributed by atoms with E-state index in [0.29, 0.717) is 5.25 Å². The van der Waals surface area contributed by atoms with Crippen molar-refractivity contribution in [2.45, 2.75) is 24.0 Å². The summed E-state index contributed by atoms with van der Waals surface area (Å²) in [7, 11) is 1.92. The molecular formula is C11H13ClFNS. The highest BCUT2D eigenvalue weighted by atomic mass is 35.5. The fraction of sp³-hybridized carbons (Fsp3) is 0.455. The summed E-state index contributed by atoms with van der Waals surface area (Å²) < 4.78 is 13.3. The van der Waals surface area contributed by atoms with Crippen LogP contribution in [0.2, 0.25) is 5.02 Å². The predicted molar refractivity (Wildman–Crippen MR) is 64.0 cm³/mol. The van der Waals surface area contributed by atoms with E-state index in [2.05, 4.69) is 12.2 Å². The Kier molecular flexibility index (Phi) is 3.24. The van der Waals surface area contributed by atoms with Gasteiger partial charge in [0.2, 0.25) is 0 Å². The Morgan fingerprint density at radius 1 is 1.53 bits per heavy atom. The van der Waals surface area contributed by atoms with Gasteiger partial charge in [-0.2, -0.15) is 11.8 Å². The molecule has 0 saturated carbocycles. The van der Waals surface area contributed by atoms with Gasteiger partial charge in [-0.3, -0.25) is 0 Å². The van der Waals surface area contributed by atoms with E-state index >= 15 is 0 Å². The van der Waals surface area contributed by atoms with E-state index in [1.54, 1.807) is 12.1 Å². The van der Waals surface area contributed by atoms with Crippen LogP contribution in [0.4, 0.5) is 4.39 Å². The molecule has 1 N–H and O–H groups in total. The van der Waals surface area contributed by atoms with E-state index in [1.165, 1.54) is 0 Å². The van der Waals surface area contributed by atoms with Crippen LogP contribution in [0.15, 0.2) is 12.1 Å². The zero-order valence-corrected chi connectivity index (χ0v) is 10.3. The summed E-state index contributed by atoms with van der Waals surface area (Å²) in [5.74, 6) is 0.545. The first kappa shape index (κ1) is 11.2. The van der Waals surface area contributed by atoms with Crippen LogP contribution < -0.4 is 5.32 Å². The SMILES string of the molecule is CNC1c2cc(Cl)c(F)cc2CSC1C. The highest BCUT2D eigenvalue weighted by Crippen LogP contribution is 2.38. The molecule has 0 aliphatic carbocycles. The van der Waals surface area contributed by atoms with Crippen LogP contribution in [0.5, 0.6) is 0 Å². The molecule has 1 aliphatic rings. The molecule has 1 aromatic carbocycles. The fourth-order valence-corrected chi connectivity index (χ4v) is 3.32. The van der Waals surface area contributed by atoms with Crippen molar-refractivity contribution in [3.63, 3.8) is 0 Å². The third-order valence-corrected chi connectivity index (χ3v) is 4.36. The van der Waals surface area contributed by atoms with Gasteiger partial charge in [0, 0.05) is 17.0 Å². The molecule has 2 rings (SSSR count). The highest BCUT2D eigenvalue weighted by Gasteiger charge is 2.26. The molecule has 0 aromatic heterocycles. The second-order valence-corrected chi connectivity index (χ2v) is 5.52. The van der Waals surface area contributed by atoms with Gasteiger partial charge in [0.15, 0.2) is 0 Å². The summed E-state index contributed by atoms with van der Waals surface area (Å²) in [5, 5.41) is 3.96. The Hall–Kier alpha value is -0.250. The van der Waals surface area contributed by atoms with Crippen molar-refractivity contribution in [3.05, 3.63) is 34.1 Å². The van der Waals surface area contributed by atoms with E-state index in [-0.39, 0.29) is 16.9 Å². The van der Waals surface area contributed by atoms with Gasteiger partial charge in [-0.05, 0) is 30.3 Å². The van der Waals surface area contributed by atoms with Crippen LogP contribution in [-0.2, 0) is 5.75 Å². The molecule has 1 aromatic rings. The van der Waals surface area contributed by atoms with E-state index in [0.717, 1.165) is 16.9 Å². The van der Waals surface area contributed by atoms with E-state index in [9.17, 15) is 4.39 Å². The lowest BCUT2D eigenvalue weighted by Gasteiger charge is -2.30. The van der Waals surface area contributed by atoms with Crippen molar-refractivity contribution < 1.29 is 4.39 Å². The molecule has 4 heteroatoms. The Balaban J connectivity index is 2.48. The Bertz CT molecular complexity index is 383. The van der Waals surface area contributed by atoms with Crippen molar-refractivity contribution >= 4 is 23.4 Å². The van der Waals surface area contributed by atoms with Crippen LogP contribution in [0.25, 0.3) is 0 Å². The fourth-order valence-electron chi connectivity index (χ4n) is 1.98. The van der Waals surface area contributed by atoms with Gasteiger partial charge < -0.3 is 5.32 Å². The normalized spacial score (nSPS) is 25.1. The summed E-state index contributed by atoms with van der Waals surface area (Å²) >= 11 is 7.64. The highest BCUT2D eigenvalue weighted by molar-refractivity contribution is 7.99. The van der Waals surface area contributed by atoms with Gasteiger partial charge in [-0.15, -0.1) is 0 Å². The number of hydrogen-bond acceptors (Lipinski definition) is 2. The molecular weight excluding hydrogens is 233 g/mol. The molecule has 1 heterocycles. The van der Waals surface area contributed by atoms with Gasteiger partial charge >= 0.3 is 0 Å². The molecule has 0 amide bonds. The van der Waals surface area contributed by atoms with Gasteiger partial charge in [-0.25, -0.2) is 4.39 Å². The number of thioether (sulfide) groups is 1. The van der Waals surface area contributed by atoms with Gasteiger partial charge in [0.25, 0.3) is 0 Å². The first-order chi connectivity index (χ1) is 7.13. The topological polar surface area (TPSA) is 12.0 Å². The summed E-state index contributed by atoms with van der Waals surface area (Å²) in [6.45, 7) is 2.17. The van der Waals surface area contributed by atoms with Crippen LogP contribution in [0.3, 0.4) is 0 Å². The average molecular weight is 246 g/mol. The standard InChI is InChI=1S/C11H13ClFNS/c1-6-11(14-2)8-4-9(12)10(13)3-7(8)5-15-6/h3-4,6,11,14H,5H2,1-2H3. The molecule has 2 unspecified atom stereocenters. The Labute approximate surface area is 98.4 Å². The number of benzene rings is 1. The average Bonchev–Trinajstić information content (AvgIpc) is 2.21. The van der Waals surface area contributed by atoms with Crippen LogP contribution in [0, 0.1) is 5.82 Å². The van der Waals surface area contributed by atoms with Crippen molar-refractivity contribution in [3.8, 4) is 0 Å². The maximum atomic E-state index is 13.3.